The van der Waals surface area contributed by atoms with Crippen LogP contribution in [0.3, 0.4) is 0 Å². The molecule has 2 nitrogen and oxygen atoms in total. The van der Waals surface area contributed by atoms with Gasteiger partial charge in [-0.3, -0.25) is 0 Å². The first-order valence-electron chi connectivity index (χ1n) is 6.89. The molecule has 0 bridgehead atoms. The fourth-order valence-corrected chi connectivity index (χ4v) is 2.10. The van der Waals surface area contributed by atoms with E-state index < -0.39 is 0 Å². The van der Waals surface area contributed by atoms with Crippen molar-refractivity contribution in [2.75, 3.05) is 25.0 Å². The summed E-state index contributed by atoms with van der Waals surface area (Å²) in [6.07, 6.45) is 3.50. The van der Waals surface area contributed by atoms with Crippen molar-refractivity contribution in [2.24, 2.45) is 0 Å². The van der Waals surface area contributed by atoms with Gasteiger partial charge in [-0.05, 0) is 24.6 Å². The van der Waals surface area contributed by atoms with E-state index in [1.807, 2.05) is 18.0 Å². The Morgan fingerprint density at radius 2 is 2.00 bits per heavy atom. The Balaban J connectivity index is 2.77. The van der Waals surface area contributed by atoms with Gasteiger partial charge in [0.05, 0.1) is 5.69 Å². The molecule has 1 N–H and O–H groups in total. The summed E-state index contributed by atoms with van der Waals surface area (Å²) in [7, 11) is 1.98. The number of unbranched alkanes of at least 4 members (excludes halogenated alkanes) is 2. The van der Waals surface area contributed by atoms with Gasteiger partial charge in [0.15, 0.2) is 0 Å². The van der Waals surface area contributed by atoms with Gasteiger partial charge in [-0.25, -0.2) is 4.39 Å². The number of hydrogen-bond acceptors (Lipinski definition) is 2. The molecule has 102 valence electrons. The van der Waals surface area contributed by atoms with Gasteiger partial charge >= 0.3 is 0 Å². The lowest BCUT2D eigenvalue weighted by atomic mass is 10.1. The maximum atomic E-state index is 14.0. The molecule has 1 aromatic carbocycles. The largest absolute Gasteiger partial charge is 0.372 e. The highest BCUT2D eigenvalue weighted by molar-refractivity contribution is 5.54. The summed E-state index contributed by atoms with van der Waals surface area (Å²) in [4.78, 5) is 2.04. The lowest BCUT2D eigenvalue weighted by Gasteiger charge is -2.23. The summed E-state index contributed by atoms with van der Waals surface area (Å²) in [6, 6.07) is 5.32. The molecular weight excluding hydrogens is 227 g/mol. The molecule has 1 aromatic rings. The minimum atomic E-state index is -0.121. The summed E-state index contributed by atoms with van der Waals surface area (Å²) in [5.74, 6) is -0.121. The average Bonchev–Trinajstić information content (AvgIpc) is 2.36. The number of anilines is 1. The summed E-state index contributed by atoms with van der Waals surface area (Å²) >= 11 is 0. The zero-order valence-electron chi connectivity index (χ0n) is 11.8. The SMILES string of the molecule is CCCCCN(C)c1c(F)cccc1CNCC. The Labute approximate surface area is 110 Å². The predicted molar refractivity (Wildman–Crippen MR) is 76.6 cm³/mol. The van der Waals surface area contributed by atoms with Gasteiger partial charge < -0.3 is 10.2 Å². The first kappa shape index (κ1) is 15.0. The second-order valence-corrected chi connectivity index (χ2v) is 4.66. The molecule has 0 aliphatic heterocycles. The number of hydrogen-bond donors (Lipinski definition) is 1. The molecule has 0 unspecified atom stereocenters. The molecule has 0 spiro atoms. The highest BCUT2D eigenvalue weighted by Crippen LogP contribution is 2.23. The summed E-state index contributed by atoms with van der Waals surface area (Å²) in [6.45, 7) is 6.77. The quantitative estimate of drug-likeness (QED) is 0.712. The van der Waals surface area contributed by atoms with E-state index in [0.717, 1.165) is 37.3 Å². The number of rotatable bonds is 8. The normalized spacial score (nSPS) is 10.7. The van der Waals surface area contributed by atoms with Gasteiger partial charge in [-0.15, -0.1) is 0 Å². The van der Waals surface area contributed by atoms with Crippen LogP contribution in [-0.2, 0) is 6.54 Å². The summed E-state index contributed by atoms with van der Waals surface area (Å²) < 4.78 is 14.0. The van der Waals surface area contributed by atoms with Crippen LogP contribution in [0.2, 0.25) is 0 Å². The van der Waals surface area contributed by atoms with E-state index in [0.29, 0.717) is 0 Å². The Morgan fingerprint density at radius 3 is 2.67 bits per heavy atom. The highest BCUT2D eigenvalue weighted by atomic mass is 19.1. The van der Waals surface area contributed by atoms with Gasteiger partial charge in [0, 0.05) is 20.1 Å². The number of nitrogens with one attached hydrogen (secondary N) is 1. The molecule has 0 amide bonds. The fourth-order valence-electron chi connectivity index (χ4n) is 2.10. The molecule has 0 atom stereocenters. The molecule has 0 aliphatic rings. The number of para-hydroxylation sites is 1. The number of benzene rings is 1. The molecule has 0 fully saturated rings. The minimum Gasteiger partial charge on any atom is -0.372 e. The van der Waals surface area contributed by atoms with E-state index in [-0.39, 0.29) is 5.82 Å². The predicted octanol–water partition coefficient (Wildman–Crippen LogP) is 3.56. The van der Waals surface area contributed by atoms with E-state index in [4.69, 9.17) is 0 Å². The van der Waals surface area contributed by atoms with Crippen LogP contribution in [-0.4, -0.2) is 20.1 Å². The Morgan fingerprint density at radius 1 is 1.22 bits per heavy atom. The highest BCUT2D eigenvalue weighted by Gasteiger charge is 2.12. The van der Waals surface area contributed by atoms with E-state index in [1.165, 1.54) is 12.8 Å². The van der Waals surface area contributed by atoms with Gasteiger partial charge in [-0.1, -0.05) is 38.8 Å². The number of nitrogens with zero attached hydrogens (tertiary/aromatic N) is 1. The van der Waals surface area contributed by atoms with E-state index in [9.17, 15) is 4.39 Å². The number of halogens is 1. The summed E-state index contributed by atoms with van der Waals surface area (Å²) in [5.41, 5.74) is 1.78. The van der Waals surface area contributed by atoms with Crippen LogP contribution in [0.4, 0.5) is 10.1 Å². The third-order valence-corrected chi connectivity index (χ3v) is 3.11. The molecular formula is C15H25FN2. The fraction of sp³-hybridized carbons (Fsp3) is 0.600. The van der Waals surface area contributed by atoms with Crippen LogP contribution in [0.15, 0.2) is 18.2 Å². The molecule has 0 heterocycles. The van der Waals surface area contributed by atoms with Gasteiger partial charge in [0.2, 0.25) is 0 Å². The smallest absolute Gasteiger partial charge is 0.146 e. The molecule has 0 saturated carbocycles. The van der Waals surface area contributed by atoms with Crippen LogP contribution >= 0.6 is 0 Å². The lowest BCUT2D eigenvalue weighted by molar-refractivity contribution is 0.610. The van der Waals surface area contributed by atoms with Crippen molar-refractivity contribution in [1.82, 2.24) is 5.32 Å². The van der Waals surface area contributed by atoms with Crippen molar-refractivity contribution in [1.29, 1.82) is 0 Å². The van der Waals surface area contributed by atoms with E-state index in [1.54, 1.807) is 12.1 Å². The zero-order valence-corrected chi connectivity index (χ0v) is 11.8. The third-order valence-electron chi connectivity index (χ3n) is 3.11. The van der Waals surface area contributed by atoms with E-state index in [2.05, 4.69) is 19.2 Å². The van der Waals surface area contributed by atoms with Crippen molar-refractivity contribution >= 4 is 5.69 Å². The topological polar surface area (TPSA) is 15.3 Å². The van der Waals surface area contributed by atoms with Crippen molar-refractivity contribution in [3.63, 3.8) is 0 Å². The molecule has 18 heavy (non-hydrogen) atoms. The van der Waals surface area contributed by atoms with Crippen molar-refractivity contribution in [2.45, 2.75) is 39.7 Å². The maximum Gasteiger partial charge on any atom is 0.146 e. The summed E-state index contributed by atoms with van der Waals surface area (Å²) in [5, 5.41) is 3.26. The zero-order chi connectivity index (χ0) is 13.4. The van der Waals surface area contributed by atoms with Crippen LogP contribution in [0.25, 0.3) is 0 Å². The Kier molecular flexibility index (Phi) is 6.73. The van der Waals surface area contributed by atoms with Crippen LogP contribution < -0.4 is 10.2 Å². The lowest BCUT2D eigenvalue weighted by Crippen LogP contribution is -2.23. The molecule has 0 aliphatic carbocycles. The Hall–Kier alpha value is -1.09. The second-order valence-electron chi connectivity index (χ2n) is 4.66. The second kappa shape index (κ2) is 8.09. The Bertz CT molecular complexity index is 352. The first-order chi connectivity index (χ1) is 8.70. The molecule has 0 saturated heterocycles. The standard InChI is InChI=1S/C15H25FN2/c1-4-6-7-11-18(3)15-13(12-17-5-2)9-8-10-14(15)16/h8-10,17H,4-7,11-12H2,1-3H3. The maximum absolute atomic E-state index is 14.0. The van der Waals surface area contributed by atoms with Crippen molar-refractivity contribution < 1.29 is 4.39 Å². The van der Waals surface area contributed by atoms with Gasteiger partial charge in [-0.2, -0.15) is 0 Å². The molecule has 0 aromatic heterocycles. The molecule has 3 heteroatoms. The van der Waals surface area contributed by atoms with Crippen LogP contribution in [0.1, 0.15) is 38.7 Å². The van der Waals surface area contributed by atoms with E-state index >= 15 is 0 Å². The molecule has 0 radical (unpaired) electrons. The first-order valence-corrected chi connectivity index (χ1v) is 6.89. The van der Waals surface area contributed by atoms with Gasteiger partial charge in [0.1, 0.15) is 5.82 Å². The molecule has 1 rings (SSSR count). The van der Waals surface area contributed by atoms with Crippen molar-refractivity contribution in [3.05, 3.63) is 29.6 Å². The van der Waals surface area contributed by atoms with Crippen LogP contribution in [0.5, 0.6) is 0 Å². The third kappa shape index (κ3) is 4.30. The van der Waals surface area contributed by atoms with Crippen LogP contribution in [0, 0.1) is 5.82 Å². The average molecular weight is 252 g/mol. The van der Waals surface area contributed by atoms with Gasteiger partial charge in [0.25, 0.3) is 0 Å². The minimum absolute atomic E-state index is 0.121. The monoisotopic (exact) mass is 252 g/mol. The van der Waals surface area contributed by atoms with Crippen molar-refractivity contribution in [3.8, 4) is 0 Å².